The summed E-state index contributed by atoms with van der Waals surface area (Å²) in [6, 6.07) is 3.70. The van der Waals surface area contributed by atoms with Gasteiger partial charge in [-0.2, -0.15) is 0 Å². The van der Waals surface area contributed by atoms with Crippen LogP contribution in [0.15, 0.2) is 18.2 Å². The van der Waals surface area contributed by atoms with Gasteiger partial charge in [0, 0.05) is 6.07 Å². The zero-order valence-corrected chi connectivity index (χ0v) is 11.5. The van der Waals surface area contributed by atoms with Crippen LogP contribution in [0.2, 0.25) is 20.4 Å². The molecule has 0 saturated carbocycles. The average Bonchev–Trinajstić information content (AvgIpc) is 2.28. The van der Waals surface area contributed by atoms with E-state index in [4.69, 9.17) is 46.4 Å². The molecule has 0 spiro atoms. The first-order valence-corrected chi connectivity index (χ1v) is 6.09. The van der Waals surface area contributed by atoms with Crippen molar-refractivity contribution in [2.24, 2.45) is 0 Å². The maximum atomic E-state index is 13.0. The predicted molar refractivity (Wildman–Crippen MR) is 71.8 cm³/mol. The Balaban J connectivity index is 2.43. The van der Waals surface area contributed by atoms with Crippen molar-refractivity contribution in [1.82, 2.24) is 10.2 Å². The largest absolute Gasteiger partial charge is 0.350 e. The monoisotopic (exact) mass is 325 g/mol. The van der Waals surface area contributed by atoms with Gasteiger partial charge in [0.1, 0.15) is 5.82 Å². The fraction of sp³-hybridized carbons (Fsp3) is 0. The van der Waals surface area contributed by atoms with Gasteiger partial charge in [-0.1, -0.05) is 46.4 Å². The number of nitrogens with zero attached hydrogens (tertiary/aromatic N) is 2. The SMILES string of the molecule is Fc1cc(Cl)c(Nc2cc(Cl)nnc2Cl)c(Cl)c1. The highest BCUT2D eigenvalue weighted by Gasteiger charge is 2.11. The van der Waals surface area contributed by atoms with Crippen molar-refractivity contribution >= 4 is 57.8 Å². The van der Waals surface area contributed by atoms with Crippen LogP contribution >= 0.6 is 46.4 Å². The van der Waals surface area contributed by atoms with Gasteiger partial charge in [0.25, 0.3) is 0 Å². The van der Waals surface area contributed by atoms with Crippen LogP contribution in [-0.4, -0.2) is 10.2 Å². The zero-order chi connectivity index (χ0) is 13.3. The number of anilines is 2. The molecule has 0 aliphatic rings. The lowest BCUT2D eigenvalue weighted by Crippen LogP contribution is -1.97. The van der Waals surface area contributed by atoms with E-state index in [1.807, 2.05) is 0 Å². The molecule has 1 aromatic carbocycles. The van der Waals surface area contributed by atoms with Crippen LogP contribution in [0.3, 0.4) is 0 Å². The molecule has 0 amide bonds. The fourth-order valence-electron chi connectivity index (χ4n) is 1.24. The lowest BCUT2D eigenvalue weighted by atomic mass is 10.3. The highest BCUT2D eigenvalue weighted by molar-refractivity contribution is 6.39. The van der Waals surface area contributed by atoms with Crippen LogP contribution in [0.5, 0.6) is 0 Å². The quantitative estimate of drug-likeness (QED) is 0.846. The number of hydrogen-bond acceptors (Lipinski definition) is 3. The number of nitrogens with one attached hydrogen (secondary N) is 1. The molecule has 3 nitrogen and oxygen atoms in total. The molecular weight excluding hydrogens is 323 g/mol. The molecule has 0 aliphatic heterocycles. The summed E-state index contributed by atoms with van der Waals surface area (Å²) >= 11 is 23.3. The summed E-state index contributed by atoms with van der Waals surface area (Å²) in [6.45, 7) is 0. The van der Waals surface area contributed by atoms with Gasteiger partial charge in [0.15, 0.2) is 10.3 Å². The molecule has 0 unspecified atom stereocenters. The van der Waals surface area contributed by atoms with Gasteiger partial charge in [0.2, 0.25) is 0 Å². The minimum Gasteiger partial charge on any atom is -0.350 e. The van der Waals surface area contributed by atoms with Crippen molar-refractivity contribution < 1.29 is 4.39 Å². The topological polar surface area (TPSA) is 37.8 Å². The van der Waals surface area contributed by atoms with E-state index in [0.717, 1.165) is 12.1 Å². The van der Waals surface area contributed by atoms with E-state index >= 15 is 0 Å². The summed E-state index contributed by atoms with van der Waals surface area (Å²) in [5.41, 5.74) is 0.678. The van der Waals surface area contributed by atoms with Crippen LogP contribution in [0.4, 0.5) is 15.8 Å². The number of aromatic nitrogens is 2. The molecular formula is C10H4Cl4FN3. The van der Waals surface area contributed by atoms with Crippen molar-refractivity contribution in [2.75, 3.05) is 5.32 Å². The summed E-state index contributed by atoms with van der Waals surface area (Å²) in [4.78, 5) is 0. The van der Waals surface area contributed by atoms with Gasteiger partial charge in [-0.05, 0) is 12.1 Å². The van der Waals surface area contributed by atoms with Crippen molar-refractivity contribution in [1.29, 1.82) is 0 Å². The number of hydrogen-bond donors (Lipinski definition) is 1. The standard InChI is InChI=1S/C10H4Cl4FN3/c11-5-1-4(15)2-6(12)9(5)16-7-3-8(13)17-18-10(7)14/h1-3H,(H,16,17). The van der Waals surface area contributed by atoms with Crippen LogP contribution in [-0.2, 0) is 0 Å². The number of benzene rings is 1. The number of rotatable bonds is 2. The van der Waals surface area contributed by atoms with E-state index in [0.29, 0.717) is 11.4 Å². The lowest BCUT2D eigenvalue weighted by molar-refractivity contribution is 0.628. The highest BCUT2D eigenvalue weighted by atomic mass is 35.5. The molecule has 0 atom stereocenters. The molecule has 0 fully saturated rings. The molecule has 8 heteroatoms. The maximum Gasteiger partial charge on any atom is 0.175 e. The first-order chi connectivity index (χ1) is 8.47. The minimum atomic E-state index is -0.535. The van der Waals surface area contributed by atoms with Gasteiger partial charge in [-0.3, -0.25) is 0 Å². The Kier molecular flexibility index (Phi) is 4.12. The van der Waals surface area contributed by atoms with Crippen LogP contribution < -0.4 is 5.32 Å². The van der Waals surface area contributed by atoms with E-state index < -0.39 is 5.82 Å². The van der Waals surface area contributed by atoms with Gasteiger partial charge >= 0.3 is 0 Å². The molecule has 1 aromatic heterocycles. The predicted octanol–water partition coefficient (Wildman–Crippen LogP) is 4.97. The minimum absolute atomic E-state index is 0.0934. The summed E-state index contributed by atoms with van der Waals surface area (Å²) < 4.78 is 13.0. The average molecular weight is 327 g/mol. The summed E-state index contributed by atoms with van der Waals surface area (Å²) in [5, 5.41) is 10.5. The zero-order valence-electron chi connectivity index (χ0n) is 8.52. The van der Waals surface area contributed by atoms with Gasteiger partial charge < -0.3 is 5.32 Å². The molecule has 0 bridgehead atoms. The van der Waals surface area contributed by atoms with Crippen LogP contribution in [0, 0.1) is 5.82 Å². The van der Waals surface area contributed by atoms with Crippen LogP contribution in [0.25, 0.3) is 0 Å². The van der Waals surface area contributed by atoms with E-state index in [9.17, 15) is 4.39 Å². The molecule has 0 saturated heterocycles. The fourth-order valence-corrected chi connectivity index (χ4v) is 2.08. The molecule has 2 rings (SSSR count). The molecule has 0 radical (unpaired) electrons. The highest BCUT2D eigenvalue weighted by Crippen LogP contribution is 2.35. The van der Waals surface area contributed by atoms with E-state index in [2.05, 4.69) is 15.5 Å². The van der Waals surface area contributed by atoms with Crippen molar-refractivity contribution in [3.05, 3.63) is 44.4 Å². The van der Waals surface area contributed by atoms with Crippen molar-refractivity contribution in [3.8, 4) is 0 Å². The third-order valence-corrected chi connectivity index (χ3v) is 3.05. The third-order valence-electron chi connectivity index (χ3n) is 1.99. The number of halogens is 5. The Morgan fingerprint density at radius 2 is 1.56 bits per heavy atom. The Morgan fingerprint density at radius 1 is 0.944 bits per heavy atom. The van der Waals surface area contributed by atoms with E-state index in [-0.39, 0.29) is 20.4 Å². The van der Waals surface area contributed by atoms with E-state index in [1.165, 1.54) is 6.07 Å². The van der Waals surface area contributed by atoms with Gasteiger partial charge in [-0.25, -0.2) is 4.39 Å². The first kappa shape index (κ1) is 13.6. The Hall–Kier alpha value is -0.810. The summed E-state index contributed by atoms with van der Waals surface area (Å²) in [7, 11) is 0. The summed E-state index contributed by atoms with van der Waals surface area (Å²) in [5.74, 6) is -0.535. The second-order valence-electron chi connectivity index (χ2n) is 3.24. The Bertz CT molecular complexity index is 583. The van der Waals surface area contributed by atoms with E-state index in [1.54, 1.807) is 0 Å². The summed E-state index contributed by atoms with van der Waals surface area (Å²) in [6.07, 6.45) is 0. The maximum absolute atomic E-state index is 13.0. The molecule has 2 aromatic rings. The lowest BCUT2D eigenvalue weighted by Gasteiger charge is -2.11. The molecule has 1 N–H and O–H groups in total. The second kappa shape index (κ2) is 5.45. The molecule has 1 heterocycles. The Labute approximate surface area is 122 Å². The first-order valence-electron chi connectivity index (χ1n) is 4.57. The normalized spacial score (nSPS) is 10.5. The van der Waals surface area contributed by atoms with Gasteiger partial charge in [0.05, 0.1) is 21.4 Å². The van der Waals surface area contributed by atoms with Crippen molar-refractivity contribution in [3.63, 3.8) is 0 Å². The third kappa shape index (κ3) is 2.95. The van der Waals surface area contributed by atoms with Crippen LogP contribution in [0.1, 0.15) is 0 Å². The smallest absolute Gasteiger partial charge is 0.175 e. The molecule has 18 heavy (non-hydrogen) atoms. The molecule has 0 aliphatic carbocycles. The molecule has 94 valence electrons. The second-order valence-corrected chi connectivity index (χ2v) is 4.80. The van der Waals surface area contributed by atoms with Crippen molar-refractivity contribution in [2.45, 2.75) is 0 Å². The van der Waals surface area contributed by atoms with Gasteiger partial charge in [-0.15, -0.1) is 10.2 Å². The Morgan fingerprint density at radius 3 is 2.17 bits per heavy atom.